The van der Waals surface area contributed by atoms with E-state index in [1.807, 2.05) is 6.92 Å². The molecule has 1 saturated heterocycles. The molecule has 1 fully saturated rings. The van der Waals surface area contributed by atoms with Crippen LogP contribution in [0.1, 0.15) is 23.7 Å². The summed E-state index contributed by atoms with van der Waals surface area (Å²) in [7, 11) is 0. The Balaban J connectivity index is 2.23. The first-order valence-electron chi connectivity index (χ1n) is 6.75. The number of nitro benzene ring substituents is 1. The van der Waals surface area contributed by atoms with Crippen molar-refractivity contribution >= 4 is 17.6 Å². The number of halogens is 1. The monoisotopic (exact) mass is 310 g/mol. The van der Waals surface area contributed by atoms with E-state index in [-0.39, 0.29) is 18.0 Å². The number of carboxylic acids is 1. The Kier molecular flexibility index (Phi) is 4.39. The highest BCUT2D eigenvalue weighted by Crippen LogP contribution is 2.25. The number of likely N-dealkylation sites (tertiary alicyclic amines) is 1. The van der Waals surface area contributed by atoms with Crippen molar-refractivity contribution in [2.75, 3.05) is 13.1 Å². The number of carboxylic acid groups (broad SMARTS) is 1. The van der Waals surface area contributed by atoms with Crippen molar-refractivity contribution in [2.45, 2.75) is 13.3 Å². The molecule has 1 aromatic rings. The summed E-state index contributed by atoms with van der Waals surface area (Å²) < 4.78 is 13.9. The van der Waals surface area contributed by atoms with E-state index in [0.717, 1.165) is 12.1 Å². The normalized spacial score (nSPS) is 21.5. The topological polar surface area (TPSA) is 101 Å². The largest absolute Gasteiger partial charge is 0.481 e. The Morgan fingerprint density at radius 3 is 2.64 bits per heavy atom. The van der Waals surface area contributed by atoms with Crippen LogP contribution in [0.15, 0.2) is 18.2 Å². The van der Waals surface area contributed by atoms with Gasteiger partial charge >= 0.3 is 5.97 Å². The Bertz CT molecular complexity index is 634. The van der Waals surface area contributed by atoms with E-state index in [4.69, 9.17) is 5.11 Å². The summed E-state index contributed by atoms with van der Waals surface area (Å²) in [5.74, 6) is -3.32. The van der Waals surface area contributed by atoms with Crippen LogP contribution in [0.2, 0.25) is 0 Å². The van der Waals surface area contributed by atoms with E-state index in [0.29, 0.717) is 19.0 Å². The number of piperidine rings is 1. The maximum Gasteiger partial charge on any atom is 0.308 e. The van der Waals surface area contributed by atoms with E-state index in [1.54, 1.807) is 0 Å². The second-order valence-electron chi connectivity index (χ2n) is 5.51. The lowest BCUT2D eigenvalue weighted by Gasteiger charge is -2.34. The number of carbonyl (C=O) groups excluding carboxylic acids is 1. The van der Waals surface area contributed by atoms with Gasteiger partial charge in [0.2, 0.25) is 0 Å². The van der Waals surface area contributed by atoms with Crippen molar-refractivity contribution in [3.05, 3.63) is 39.7 Å². The highest BCUT2D eigenvalue weighted by molar-refractivity contribution is 5.95. The molecule has 22 heavy (non-hydrogen) atoms. The molecule has 8 heteroatoms. The number of hydrogen-bond donors (Lipinski definition) is 1. The maximum atomic E-state index is 13.9. The van der Waals surface area contributed by atoms with Crippen LogP contribution in [0.3, 0.4) is 0 Å². The minimum Gasteiger partial charge on any atom is -0.481 e. The van der Waals surface area contributed by atoms with Gasteiger partial charge in [-0.25, -0.2) is 4.39 Å². The zero-order valence-electron chi connectivity index (χ0n) is 11.9. The van der Waals surface area contributed by atoms with Gasteiger partial charge in [-0.1, -0.05) is 6.92 Å². The summed E-state index contributed by atoms with van der Waals surface area (Å²) in [6.07, 6.45) is 0.460. The van der Waals surface area contributed by atoms with Crippen LogP contribution in [0.5, 0.6) is 0 Å². The third kappa shape index (κ3) is 3.21. The molecule has 118 valence electrons. The zero-order chi connectivity index (χ0) is 16.4. The van der Waals surface area contributed by atoms with Gasteiger partial charge in [0.1, 0.15) is 5.82 Å². The van der Waals surface area contributed by atoms with Crippen molar-refractivity contribution in [3.8, 4) is 0 Å². The minimum atomic E-state index is -0.992. The molecule has 0 aromatic heterocycles. The van der Waals surface area contributed by atoms with Gasteiger partial charge in [-0.3, -0.25) is 19.7 Å². The minimum absolute atomic E-state index is 0.00886. The first kappa shape index (κ1) is 15.9. The van der Waals surface area contributed by atoms with Gasteiger partial charge < -0.3 is 10.0 Å². The second-order valence-corrected chi connectivity index (χ2v) is 5.51. The van der Waals surface area contributed by atoms with Crippen LogP contribution in [0.25, 0.3) is 0 Å². The van der Waals surface area contributed by atoms with E-state index < -0.39 is 34.2 Å². The second kappa shape index (κ2) is 6.08. The third-order valence-corrected chi connectivity index (χ3v) is 3.69. The van der Waals surface area contributed by atoms with Crippen LogP contribution in [-0.2, 0) is 4.79 Å². The van der Waals surface area contributed by atoms with E-state index >= 15 is 0 Å². The lowest BCUT2D eigenvalue weighted by atomic mass is 9.90. The van der Waals surface area contributed by atoms with Crippen LogP contribution in [0, 0.1) is 27.8 Å². The molecule has 1 aliphatic rings. The van der Waals surface area contributed by atoms with Crippen molar-refractivity contribution in [1.82, 2.24) is 4.90 Å². The van der Waals surface area contributed by atoms with Crippen LogP contribution in [-0.4, -0.2) is 39.9 Å². The molecule has 0 saturated carbocycles. The number of aliphatic carboxylic acids is 1. The van der Waals surface area contributed by atoms with E-state index in [2.05, 4.69) is 0 Å². The molecular weight excluding hydrogens is 295 g/mol. The SMILES string of the molecule is CC1CC(C(=O)O)CN(C(=O)c2ccc([N+](=O)[O-])cc2F)C1. The molecule has 1 N–H and O–H groups in total. The van der Waals surface area contributed by atoms with Crippen molar-refractivity contribution in [3.63, 3.8) is 0 Å². The predicted molar refractivity (Wildman–Crippen MR) is 73.9 cm³/mol. The summed E-state index contributed by atoms with van der Waals surface area (Å²) in [5.41, 5.74) is -0.728. The van der Waals surface area contributed by atoms with Gasteiger partial charge in [-0.2, -0.15) is 0 Å². The fraction of sp³-hybridized carbons (Fsp3) is 0.429. The van der Waals surface area contributed by atoms with Crippen LogP contribution in [0.4, 0.5) is 10.1 Å². The quantitative estimate of drug-likeness (QED) is 0.679. The van der Waals surface area contributed by atoms with E-state index in [1.165, 1.54) is 4.90 Å². The van der Waals surface area contributed by atoms with Crippen LogP contribution < -0.4 is 0 Å². The molecule has 0 aliphatic carbocycles. The predicted octanol–water partition coefficient (Wildman–Crippen LogP) is 1.92. The highest BCUT2D eigenvalue weighted by Gasteiger charge is 2.33. The lowest BCUT2D eigenvalue weighted by Crippen LogP contribution is -2.45. The molecule has 1 aromatic carbocycles. The third-order valence-electron chi connectivity index (χ3n) is 3.69. The van der Waals surface area contributed by atoms with Gasteiger partial charge in [0.15, 0.2) is 0 Å². The number of amides is 1. The fourth-order valence-electron chi connectivity index (χ4n) is 2.66. The number of nitro groups is 1. The molecular formula is C14H15FN2O5. The molecule has 1 aliphatic heterocycles. The summed E-state index contributed by atoms with van der Waals surface area (Å²) in [4.78, 5) is 34.6. The Morgan fingerprint density at radius 1 is 1.41 bits per heavy atom. The average Bonchev–Trinajstić information content (AvgIpc) is 2.45. The Hall–Kier alpha value is -2.51. The van der Waals surface area contributed by atoms with Gasteiger partial charge in [0.25, 0.3) is 11.6 Å². The van der Waals surface area contributed by atoms with Gasteiger partial charge in [-0.05, 0) is 18.4 Å². The summed E-state index contributed by atoms with van der Waals surface area (Å²) >= 11 is 0. The molecule has 2 rings (SSSR count). The van der Waals surface area contributed by atoms with Gasteiger partial charge in [0, 0.05) is 19.2 Å². The Morgan fingerprint density at radius 2 is 2.09 bits per heavy atom. The molecule has 2 atom stereocenters. The molecule has 0 bridgehead atoms. The molecule has 1 amide bonds. The van der Waals surface area contributed by atoms with Crippen molar-refractivity contribution in [2.24, 2.45) is 11.8 Å². The number of hydrogen-bond acceptors (Lipinski definition) is 4. The Labute approximate surface area is 125 Å². The number of non-ortho nitro benzene ring substituents is 1. The molecule has 7 nitrogen and oxygen atoms in total. The number of benzene rings is 1. The van der Waals surface area contributed by atoms with Gasteiger partial charge in [-0.15, -0.1) is 0 Å². The maximum absolute atomic E-state index is 13.9. The first-order valence-corrected chi connectivity index (χ1v) is 6.75. The molecule has 0 radical (unpaired) electrons. The van der Waals surface area contributed by atoms with Crippen LogP contribution >= 0.6 is 0 Å². The van der Waals surface area contributed by atoms with Gasteiger partial charge in [0.05, 0.1) is 22.5 Å². The standard InChI is InChI=1S/C14H15FN2O5/c1-8-4-9(14(19)20)7-16(6-8)13(18)11-3-2-10(17(21)22)5-12(11)15/h2-3,5,8-9H,4,6-7H2,1H3,(H,19,20). The highest BCUT2D eigenvalue weighted by atomic mass is 19.1. The average molecular weight is 310 g/mol. The number of carbonyl (C=O) groups is 2. The fourth-order valence-corrected chi connectivity index (χ4v) is 2.66. The smallest absolute Gasteiger partial charge is 0.308 e. The number of nitrogens with zero attached hydrogens (tertiary/aromatic N) is 2. The molecule has 1 heterocycles. The van der Waals surface area contributed by atoms with E-state index in [9.17, 15) is 24.1 Å². The van der Waals surface area contributed by atoms with Crippen molar-refractivity contribution < 1.29 is 24.0 Å². The molecule has 0 spiro atoms. The number of rotatable bonds is 3. The summed E-state index contributed by atoms with van der Waals surface area (Å²) in [6, 6.07) is 2.80. The van der Waals surface area contributed by atoms with Crippen molar-refractivity contribution in [1.29, 1.82) is 0 Å². The summed E-state index contributed by atoms with van der Waals surface area (Å²) in [5, 5.41) is 19.7. The first-order chi connectivity index (χ1) is 10.3. The molecule has 2 unspecified atom stereocenters. The lowest BCUT2D eigenvalue weighted by molar-refractivity contribution is -0.385. The summed E-state index contributed by atoms with van der Waals surface area (Å²) in [6.45, 7) is 2.16. The zero-order valence-corrected chi connectivity index (χ0v) is 11.9.